The van der Waals surface area contributed by atoms with Gasteiger partial charge in [-0.3, -0.25) is 9.69 Å². The van der Waals surface area contributed by atoms with Crippen LogP contribution in [0.15, 0.2) is 36.7 Å². The molecule has 2 aromatic rings. The van der Waals surface area contributed by atoms with Crippen molar-refractivity contribution in [3.8, 4) is 0 Å². The number of nitrogens with one attached hydrogen (secondary N) is 1. The monoisotopic (exact) mass is 372 g/mol. The number of benzene rings is 1. The average Bonchev–Trinajstić information content (AvgIpc) is 2.62. The normalized spacial score (nSPS) is 16.5. The molecule has 1 amide bonds. The molecule has 0 radical (unpaired) electrons. The number of hydrogen-bond donors (Lipinski definition) is 3. The summed E-state index contributed by atoms with van der Waals surface area (Å²) in [6.45, 7) is 1.44. The van der Waals surface area contributed by atoms with Crippen molar-refractivity contribution >= 4 is 28.2 Å². The lowest BCUT2D eigenvalue weighted by Crippen LogP contribution is -2.39. The van der Waals surface area contributed by atoms with Crippen LogP contribution >= 0.6 is 0 Å². The second-order valence-electron chi connectivity index (χ2n) is 6.88. The van der Waals surface area contributed by atoms with Crippen LogP contribution < -0.4 is 16.9 Å². The number of pyridine rings is 1. The van der Waals surface area contributed by atoms with Crippen LogP contribution in [-0.4, -0.2) is 53.7 Å². The van der Waals surface area contributed by atoms with E-state index in [1.54, 1.807) is 19.4 Å². The summed E-state index contributed by atoms with van der Waals surface area (Å²) in [5, 5.41) is 6.06. The second-order valence-corrected chi connectivity index (χ2v) is 6.88. The number of hydrogen-bond acceptors (Lipinski definition) is 6. The third kappa shape index (κ3) is 5.15. The molecular formula is C19H25FN6O. The third-order valence-electron chi connectivity index (χ3n) is 4.55. The Morgan fingerprint density at radius 3 is 2.81 bits per heavy atom. The van der Waals surface area contributed by atoms with Gasteiger partial charge in [0.05, 0.1) is 12.2 Å². The first-order chi connectivity index (χ1) is 12.9. The summed E-state index contributed by atoms with van der Waals surface area (Å²) in [6, 6.07) is 7.55. The Morgan fingerprint density at radius 1 is 1.37 bits per heavy atom. The molecule has 3 rings (SSSR count). The Bertz CT molecular complexity index is 845. The zero-order chi connectivity index (χ0) is 19.4. The van der Waals surface area contributed by atoms with Crippen molar-refractivity contribution in [2.45, 2.75) is 19.0 Å². The lowest BCUT2D eigenvalue weighted by molar-refractivity contribution is -0.117. The smallest absolute Gasteiger partial charge is 0.239 e. The molecule has 0 atom stereocenters. The van der Waals surface area contributed by atoms with Crippen LogP contribution in [0.3, 0.4) is 0 Å². The predicted molar refractivity (Wildman–Crippen MR) is 105 cm³/mol. The lowest BCUT2D eigenvalue weighted by Gasteiger charge is -2.27. The molecule has 1 aromatic heterocycles. The zero-order valence-electron chi connectivity index (χ0n) is 15.4. The van der Waals surface area contributed by atoms with E-state index in [0.29, 0.717) is 37.4 Å². The van der Waals surface area contributed by atoms with Crippen molar-refractivity contribution in [2.24, 2.45) is 11.6 Å². The fraction of sp³-hybridized carbons (Fsp3) is 0.368. The molecule has 0 unspecified atom stereocenters. The number of rotatable bonds is 5. The van der Waals surface area contributed by atoms with Gasteiger partial charge in [-0.05, 0) is 35.9 Å². The van der Waals surface area contributed by atoms with Gasteiger partial charge >= 0.3 is 0 Å². The summed E-state index contributed by atoms with van der Waals surface area (Å²) in [4.78, 5) is 18.5. The third-order valence-corrected chi connectivity index (χ3v) is 4.55. The summed E-state index contributed by atoms with van der Waals surface area (Å²) < 4.78 is 13.2. The van der Waals surface area contributed by atoms with Gasteiger partial charge in [-0.15, -0.1) is 0 Å². The predicted octanol–water partition coefficient (Wildman–Crippen LogP) is 1.67. The number of piperidine rings is 1. The number of anilines is 1. The van der Waals surface area contributed by atoms with Gasteiger partial charge in [0.25, 0.3) is 0 Å². The van der Waals surface area contributed by atoms with Gasteiger partial charge < -0.3 is 16.1 Å². The summed E-state index contributed by atoms with van der Waals surface area (Å²) >= 11 is 0. The van der Waals surface area contributed by atoms with E-state index in [-0.39, 0.29) is 12.5 Å². The maximum atomic E-state index is 13.2. The number of aromatic nitrogens is 1. The van der Waals surface area contributed by atoms with Gasteiger partial charge in [0, 0.05) is 37.9 Å². The Balaban J connectivity index is 1.70. The van der Waals surface area contributed by atoms with Gasteiger partial charge in [-0.25, -0.2) is 15.2 Å². The first-order valence-electron chi connectivity index (χ1n) is 8.92. The Labute approximate surface area is 157 Å². The maximum Gasteiger partial charge on any atom is 0.239 e. The van der Waals surface area contributed by atoms with Crippen molar-refractivity contribution in [2.75, 3.05) is 32.0 Å². The van der Waals surface area contributed by atoms with Crippen LogP contribution in [-0.2, 0) is 4.79 Å². The number of halogens is 1. The highest BCUT2D eigenvalue weighted by atomic mass is 19.1. The molecule has 7 nitrogen and oxygen atoms in total. The summed E-state index contributed by atoms with van der Waals surface area (Å²) in [6.07, 6.45) is 3.56. The van der Waals surface area contributed by atoms with Gasteiger partial charge in [0.2, 0.25) is 5.91 Å². The van der Waals surface area contributed by atoms with E-state index in [2.05, 4.69) is 10.3 Å². The molecule has 1 aliphatic rings. The van der Waals surface area contributed by atoms with Crippen LogP contribution in [0, 0.1) is 0 Å². The molecule has 8 heteroatoms. The largest absolute Gasteiger partial charge is 0.397 e. The molecule has 1 saturated heterocycles. The van der Waals surface area contributed by atoms with Crippen molar-refractivity contribution in [3.63, 3.8) is 0 Å². The highest BCUT2D eigenvalue weighted by molar-refractivity contribution is 5.94. The number of fused-ring (bicyclic) bond motifs is 1. The SMILES string of the molecule is CN(N)/C=C(\N)c1ccc2cnc(NC(=O)CN3CCC(F)CC3)cc2c1. The highest BCUT2D eigenvalue weighted by Crippen LogP contribution is 2.21. The molecule has 5 N–H and O–H groups in total. The Hall–Kier alpha value is -2.71. The van der Waals surface area contributed by atoms with E-state index in [4.69, 9.17) is 11.6 Å². The average molecular weight is 372 g/mol. The van der Waals surface area contributed by atoms with Crippen LogP contribution in [0.4, 0.5) is 10.2 Å². The summed E-state index contributed by atoms with van der Waals surface area (Å²) in [5.74, 6) is 5.92. The van der Waals surface area contributed by atoms with Gasteiger partial charge in [-0.2, -0.15) is 0 Å². The van der Waals surface area contributed by atoms with E-state index in [1.807, 2.05) is 29.2 Å². The van der Waals surface area contributed by atoms with Crippen molar-refractivity contribution < 1.29 is 9.18 Å². The van der Waals surface area contributed by atoms with Crippen LogP contribution in [0.5, 0.6) is 0 Å². The van der Waals surface area contributed by atoms with E-state index < -0.39 is 6.17 Å². The number of alkyl halides is 1. The van der Waals surface area contributed by atoms with Gasteiger partial charge in [0.1, 0.15) is 12.0 Å². The Kier molecular flexibility index (Phi) is 5.88. The first-order valence-corrected chi connectivity index (χ1v) is 8.92. The molecule has 1 aliphatic heterocycles. The second kappa shape index (κ2) is 8.32. The fourth-order valence-electron chi connectivity index (χ4n) is 3.13. The van der Waals surface area contributed by atoms with Crippen LogP contribution in [0.2, 0.25) is 0 Å². The summed E-state index contributed by atoms with van der Waals surface area (Å²) in [7, 11) is 1.70. The quantitative estimate of drug-likeness (QED) is 0.545. The lowest BCUT2D eigenvalue weighted by atomic mass is 10.1. The number of amides is 1. The van der Waals surface area contributed by atoms with Crippen molar-refractivity contribution in [1.29, 1.82) is 0 Å². The number of hydrazine groups is 1. The van der Waals surface area contributed by atoms with E-state index in [0.717, 1.165) is 16.3 Å². The topological polar surface area (TPSA) is 101 Å². The van der Waals surface area contributed by atoms with Gasteiger partial charge in [0.15, 0.2) is 0 Å². The molecule has 2 heterocycles. The highest BCUT2D eigenvalue weighted by Gasteiger charge is 2.20. The molecule has 144 valence electrons. The van der Waals surface area contributed by atoms with E-state index >= 15 is 0 Å². The first kappa shape index (κ1) is 19.1. The number of carbonyl (C=O) groups excluding carboxylic acids is 1. The van der Waals surface area contributed by atoms with Crippen LogP contribution in [0.1, 0.15) is 18.4 Å². The number of likely N-dealkylation sites (tertiary alicyclic amines) is 1. The minimum Gasteiger partial charge on any atom is -0.397 e. The van der Waals surface area contributed by atoms with E-state index in [1.165, 1.54) is 5.01 Å². The van der Waals surface area contributed by atoms with E-state index in [9.17, 15) is 9.18 Å². The zero-order valence-corrected chi connectivity index (χ0v) is 15.4. The molecule has 0 spiro atoms. The fourth-order valence-corrected chi connectivity index (χ4v) is 3.13. The molecular weight excluding hydrogens is 347 g/mol. The van der Waals surface area contributed by atoms with Crippen molar-refractivity contribution in [3.05, 3.63) is 42.2 Å². The molecule has 0 saturated carbocycles. The minimum atomic E-state index is -0.749. The number of nitrogens with zero attached hydrogens (tertiary/aromatic N) is 3. The summed E-state index contributed by atoms with van der Waals surface area (Å²) in [5.41, 5.74) is 7.41. The van der Waals surface area contributed by atoms with Crippen molar-refractivity contribution in [1.82, 2.24) is 14.9 Å². The number of nitrogens with two attached hydrogens (primary N) is 2. The molecule has 1 fully saturated rings. The van der Waals surface area contributed by atoms with Crippen LogP contribution in [0.25, 0.3) is 16.5 Å². The molecule has 27 heavy (non-hydrogen) atoms. The molecule has 0 aliphatic carbocycles. The standard InChI is InChI=1S/C19H25FN6O/c1-25(22)11-17(21)13-2-3-14-10-23-18(9-15(14)8-13)24-19(27)12-26-6-4-16(20)5-7-26/h2-3,8-11,16H,4-7,12,21-22H2,1H3,(H,23,24,27)/b17-11-. The molecule has 0 bridgehead atoms. The minimum absolute atomic E-state index is 0.153. The maximum absolute atomic E-state index is 13.2. The Morgan fingerprint density at radius 2 is 2.11 bits per heavy atom. The van der Waals surface area contributed by atoms with Gasteiger partial charge in [-0.1, -0.05) is 12.1 Å². The number of carbonyl (C=O) groups is 1. The molecule has 1 aromatic carbocycles.